The molecule has 2 rings (SSSR count). The zero-order chi connectivity index (χ0) is 15.1. The van der Waals surface area contributed by atoms with Gasteiger partial charge in [0.05, 0.1) is 0 Å². The summed E-state index contributed by atoms with van der Waals surface area (Å²) in [6.45, 7) is 3.64. The highest BCUT2D eigenvalue weighted by Crippen LogP contribution is 2.25. The van der Waals surface area contributed by atoms with E-state index < -0.39 is 0 Å². The van der Waals surface area contributed by atoms with E-state index in [9.17, 15) is 4.79 Å². The number of halogens is 1. The van der Waals surface area contributed by atoms with Gasteiger partial charge in [0, 0.05) is 16.9 Å². The summed E-state index contributed by atoms with van der Waals surface area (Å²) in [6.07, 6.45) is 4.91. The van der Waals surface area contributed by atoms with Crippen molar-refractivity contribution in [3.63, 3.8) is 0 Å². The smallest absolute Gasteiger partial charge is 0.250 e. The number of aromatic nitrogens is 2. The molecular weight excluding hydrogens is 326 g/mol. The van der Waals surface area contributed by atoms with Crippen LogP contribution in [0.15, 0.2) is 47.3 Å². The zero-order valence-corrected chi connectivity index (χ0v) is 13.3. The maximum atomic E-state index is 11.8. The van der Waals surface area contributed by atoms with E-state index in [2.05, 4.69) is 22.1 Å². The molecule has 0 spiro atoms. The Labute approximate surface area is 135 Å². The van der Waals surface area contributed by atoms with Crippen molar-refractivity contribution in [2.45, 2.75) is 4.34 Å². The number of hydrogen-bond donors (Lipinski definition) is 1. The van der Waals surface area contributed by atoms with Gasteiger partial charge >= 0.3 is 0 Å². The second-order valence-electron chi connectivity index (χ2n) is 3.85. The largest absolute Gasteiger partial charge is 0.297 e. The van der Waals surface area contributed by atoms with E-state index in [1.54, 1.807) is 24.3 Å². The van der Waals surface area contributed by atoms with Gasteiger partial charge < -0.3 is 0 Å². The number of thioether (sulfide) groups is 1. The second-order valence-corrected chi connectivity index (χ2v) is 6.53. The molecule has 0 atom stereocenters. The Morgan fingerprint density at radius 1 is 1.48 bits per heavy atom. The molecule has 2 aromatic rings. The maximum absolute atomic E-state index is 11.8. The molecule has 21 heavy (non-hydrogen) atoms. The summed E-state index contributed by atoms with van der Waals surface area (Å²) in [5, 5.41) is 11.6. The van der Waals surface area contributed by atoms with E-state index >= 15 is 0 Å². The number of benzene rings is 1. The quantitative estimate of drug-likeness (QED) is 0.373. The van der Waals surface area contributed by atoms with Gasteiger partial charge in [-0.2, -0.15) is 0 Å². The van der Waals surface area contributed by atoms with Crippen molar-refractivity contribution >= 4 is 51.8 Å². The van der Waals surface area contributed by atoms with Crippen LogP contribution in [0.25, 0.3) is 6.08 Å². The number of hydrogen-bond acceptors (Lipinski definition) is 5. The lowest BCUT2D eigenvalue weighted by Gasteiger charge is -1.96. The van der Waals surface area contributed by atoms with Gasteiger partial charge in [-0.05, 0) is 23.8 Å². The molecule has 4 nitrogen and oxygen atoms in total. The van der Waals surface area contributed by atoms with Gasteiger partial charge in [0.25, 0.3) is 0 Å². The van der Waals surface area contributed by atoms with Crippen LogP contribution in [0.5, 0.6) is 0 Å². The van der Waals surface area contributed by atoms with Crippen LogP contribution in [0.2, 0.25) is 5.02 Å². The number of carbonyl (C=O) groups is 1. The normalized spacial score (nSPS) is 10.7. The van der Waals surface area contributed by atoms with Gasteiger partial charge in [-0.1, -0.05) is 52.9 Å². The molecule has 0 unspecified atom stereocenters. The lowest BCUT2D eigenvalue weighted by molar-refractivity contribution is -0.111. The Kier molecular flexibility index (Phi) is 5.98. The van der Waals surface area contributed by atoms with E-state index in [1.165, 1.54) is 29.2 Å². The van der Waals surface area contributed by atoms with Crippen LogP contribution < -0.4 is 5.32 Å². The summed E-state index contributed by atoms with van der Waals surface area (Å²) in [6, 6.07) is 7.25. The van der Waals surface area contributed by atoms with Crippen molar-refractivity contribution in [2.75, 3.05) is 11.1 Å². The number of carbonyl (C=O) groups excluding carboxylic acids is 1. The predicted octanol–water partition coefficient (Wildman–Crippen LogP) is 4.12. The topological polar surface area (TPSA) is 54.9 Å². The van der Waals surface area contributed by atoms with Crippen molar-refractivity contribution in [1.29, 1.82) is 0 Å². The summed E-state index contributed by atoms with van der Waals surface area (Å²) >= 11 is 8.73. The number of nitrogens with one attached hydrogen (secondary N) is 1. The molecule has 1 aromatic heterocycles. The number of rotatable bonds is 6. The summed E-state index contributed by atoms with van der Waals surface area (Å²) in [5.41, 5.74) is 0.858. The minimum absolute atomic E-state index is 0.258. The SMILES string of the molecule is C=CCSc1nnc(NC(=O)/C=C/c2cccc(Cl)c2)s1. The summed E-state index contributed by atoms with van der Waals surface area (Å²) in [5.74, 6) is 0.503. The minimum atomic E-state index is -0.258. The standard InChI is InChI=1S/C14H12ClN3OS2/c1-2-8-20-14-18-17-13(21-14)16-12(19)7-6-10-4-3-5-11(15)9-10/h2-7,9H,1,8H2,(H,16,17,19)/b7-6+. The third-order valence-corrected chi connectivity index (χ3v) is 4.44. The van der Waals surface area contributed by atoms with E-state index in [-0.39, 0.29) is 5.91 Å². The first-order valence-corrected chi connectivity index (χ1v) is 8.17. The summed E-state index contributed by atoms with van der Waals surface area (Å²) < 4.78 is 0.795. The molecule has 0 saturated carbocycles. The van der Waals surface area contributed by atoms with Crippen LogP contribution in [0.3, 0.4) is 0 Å². The Hall–Kier alpha value is -1.63. The lowest BCUT2D eigenvalue weighted by Crippen LogP contribution is -2.07. The first-order chi connectivity index (χ1) is 10.2. The molecule has 0 aliphatic rings. The molecule has 1 aromatic carbocycles. The van der Waals surface area contributed by atoms with Crippen LogP contribution in [0.4, 0.5) is 5.13 Å². The molecule has 0 fully saturated rings. The monoisotopic (exact) mass is 337 g/mol. The molecule has 1 amide bonds. The fraction of sp³-hybridized carbons (Fsp3) is 0.0714. The Balaban J connectivity index is 1.92. The average Bonchev–Trinajstić information content (AvgIpc) is 2.90. The van der Waals surface area contributed by atoms with Crippen LogP contribution in [0.1, 0.15) is 5.56 Å². The van der Waals surface area contributed by atoms with Crippen LogP contribution in [0, 0.1) is 0 Å². The van der Waals surface area contributed by atoms with E-state index in [0.29, 0.717) is 10.2 Å². The Morgan fingerprint density at radius 2 is 2.33 bits per heavy atom. The molecule has 0 radical (unpaired) electrons. The summed E-state index contributed by atoms with van der Waals surface area (Å²) in [7, 11) is 0. The van der Waals surface area contributed by atoms with Crippen LogP contribution in [-0.4, -0.2) is 21.9 Å². The second kappa shape index (κ2) is 7.97. The van der Waals surface area contributed by atoms with Gasteiger partial charge in [0.2, 0.25) is 11.0 Å². The molecule has 1 N–H and O–H groups in total. The molecule has 0 bridgehead atoms. The molecule has 7 heteroatoms. The average molecular weight is 338 g/mol. The van der Waals surface area contributed by atoms with Gasteiger partial charge in [-0.15, -0.1) is 16.8 Å². The highest BCUT2D eigenvalue weighted by Gasteiger charge is 2.06. The van der Waals surface area contributed by atoms with Crippen molar-refractivity contribution in [1.82, 2.24) is 10.2 Å². The predicted molar refractivity (Wildman–Crippen MR) is 89.9 cm³/mol. The first-order valence-electron chi connectivity index (χ1n) is 5.99. The molecule has 1 heterocycles. The lowest BCUT2D eigenvalue weighted by atomic mass is 10.2. The van der Waals surface area contributed by atoms with Gasteiger partial charge in [-0.3, -0.25) is 10.1 Å². The van der Waals surface area contributed by atoms with Gasteiger partial charge in [-0.25, -0.2) is 0 Å². The van der Waals surface area contributed by atoms with Crippen molar-refractivity contribution in [2.24, 2.45) is 0 Å². The van der Waals surface area contributed by atoms with Crippen molar-refractivity contribution in [3.05, 3.63) is 53.6 Å². The first kappa shape index (κ1) is 15.8. The Bertz CT molecular complexity index is 670. The molecule has 0 aliphatic carbocycles. The number of amides is 1. The minimum Gasteiger partial charge on any atom is -0.297 e. The number of nitrogens with zero attached hydrogens (tertiary/aromatic N) is 2. The molecule has 0 aliphatic heterocycles. The molecule has 108 valence electrons. The zero-order valence-electron chi connectivity index (χ0n) is 11.0. The fourth-order valence-electron chi connectivity index (χ4n) is 1.38. The fourth-order valence-corrected chi connectivity index (χ4v) is 3.09. The van der Waals surface area contributed by atoms with Gasteiger partial charge in [0.15, 0.2) is 4.34 Å². The van der Waals surface area contributed by atoms with Crippen molar-refractivity contribution < 1.29 is 4.79 Å². The third kappa shape index (κ3) is 5.34. The molecule has 0 saturated heterocycles. The van der Waals surface area contributed by atoms with E-state index in [0.717, 1.165) is 15.7 Å². The third-order valence-electron chi connectivity index (χ3n) is 2.24. The van der Waals surface area contributed by atoms with Gasteiger partial charge in [0.1, 0.15) is 0 Å². The Morgan fingerprint density at radius 3 is 3.10 bits per heavy atom. The molecular formula is C14H12ClN3OS2. The van der Waals surface area contributed by atoms with Crippen LogP contribution in [-0.2, 0) is 4.79 Å². The van der Waals surface area contributed by atoms with Crippen molar-refractivity contribution in [3.8, 4) is 0 Å². The van der Waals surface area contributed by atoms with E-state index in [4.69, 9.17) is 11.6 Å². The maximum Gasteiger partial charge on any atom is 0.250 e. The number of anilines is 1. The van der Waals surface area contributed by atoms with E-state index in [1.807, 2.05) is 12.1 Å². The van der Waals surface area contributed by atoms with Crippen LogP contribution >= 0.6 is 34.7 Å². The highest BCUT2D eigenvalue weighted by atomic mass is 35.5. The summed E-state index contributed by atoms with van der Waals surface area (Å²) in [4.78, 5) is 11.8. The highest BCUT2D eigenvalue weighted by molar-refractivity contribution is 8.01.